The highest BCUT2D eigenvalue weighted by Gasteiger charge is 2.30. The molecule has 1 aliphatic carbocycles. The fourth-order valence-corrected chi connectivity index (χ4v) is 1.65. The van der Waals surface area contributed by atoms with E-state index in [9.17, 15) is 9.90 Å². The minimum absolute atomic E-state index is 0.249. The molecule has 3 N–H and O–H groups in total. The standard InChI is InChI=1S/C9H16N4O2/c1-13(4-7(14)6-2-3-6)5-8-10-9(15)12-11-8/h6-7,14H,2-5H2,1H3,(H2,10,11,12,15). The normalized spacial score (nSPS) is 18.3. The third kappa shape index (κ3) is 2.90. The number of aromatic amines is 2. The van der Waals surface area contributed by atoms with Gasteiger partial charge in [0.05, 0.1) is 12.6 Å². The van der Waals surface area contributed by atoms with Crippen LogP contribution < -0.4 is 5.69 Å². The van der Waals surface area contributed by atoms with Gasteiger partial charge in [0.25, 0.3) is 0 Å². The van der Waals surface area contributed by atoms with Crippen LogP contribution in [0.5, 0.6) is 0 Å². The van der Waals surface area contributed by atoms with Crippen LogP contribution in [0.25, 0.3) is 0 Å². The number of hydrogen-bond donors (Lipinski definition) is 3. The highest BCUT2D eigenvalue weighted by molar-refractivity contribution is 4.85. The van der Waals surface area contributed by atoms with E-state index in [0.717, 1.165) is 12.8 Å². The average Bonchev–Trinajstić information content (AvgIpc) is 2.92. The van der Waals surface area contributed by atoms with Gasteiger partial charge in [0.1, 0.15) is 5.82 Å². The van der Waals surface area contributed by atoms with Crippen LogP contribution >= 0.6 is 0 Å². The Morgan fingerprint density at radius 3 is 2.93 bits per heavy atom. The fraction of sp³-hybridized carbons (Fsp3) is 0.778. The molecule has 15 heavy (non-hydrogen) atoms. The molecular formula is C9H16N4O2. The summed E-state index contributed by atoms with van der Waals surface area (Å²) in [5, 5.41) is 15.8. The van der Waals surface area contributed by atoms with Crippen molar-refractivity contribution in [3.8, 4) is 0 Å². The van der Waals surface area contributed by atoms with Gasteiger partial charge in [-0.2, -0.15) is 5.10 Å². The molecule has 6 nitrogen and oxygen atoms in total. The van der Waals surface area contributed by atoms with Crippen LogP contribution in [0.3, 0.4) is 0 Å². The molecule has 0 spiro atoms. The molecule has 0 aliphatic heterocycles. The first-order valence-corrected chi connectivity index (χ1v) is 5.15. The Balaban J connectivity index is 1.80. The Labute approximate surface area is 87.3 Å². The van der Waals surface area contributed by atoms with Gasteiger partial charge in [-0.05, 0) is 25.8 Å². The first-order valence-electron chi connectivity index (χ1n) is 5.15. The number of hydrogen-bond acceptors (Lipinski definition) is 4. The van der Waals surface area contributed by atoms with E-state index >= 15 is 0 Å². The Hall–Kier alpha value is -1.14. The number of nitrogens with one attached hydrogen (secondary N) is 2. The fourth-order valence-electron chi connectivity index (χ4n) is 1.65. The maximum absolute atomic E-state index is 10.8. The molecule has 0 amide bonds. The van der Waals surface area contributed by atoms with Crippen molar-refractivity contribution in [3.05, 3.63) is 16.3 Å². The van der Waals surface area contributed by atoms with E-state index in [1.54, 1.807) is 0 Å². The first-order chi connectivity index (χ1) is 7.15. The Morgan fingerprint density at radius 1 is 1.67 bits per heavy atom. The lowest BCUT2D eigenvalue weighted by atomic mass is 10.2. The van der Waals surface area contributed by atoms with Crippen molar-refractivity contribution < 1.29 is 5.11 Å². The van der Waals surface area contributed by atoms with E-state index in [1.165, 1.54) is 0 Å². The van der Waals surface area contributed by atoms with E-state index in [1.807, 2.05) is 11.9 Å². The zero-order valence-electron chi connectivity index (χ0n) is 8.73. The summed E-state index contributed by atoms with van der Waals surface area (Å²) in [7, 11) is 1.90. The summed E-state index contributed by atoms with van der Waals surface area (Å²) in [6.45, 7) is 1.17. The number of aliphatic hydroxyl groups is 1. The molecule has 2 rings (SSSR count). The number of aromatic nitrogens is 3. The van der Waals surface area contributed by atoms with E-state index in [4.69, 9.17) is 0 Å². The Morgan fingerprint density at radius 2 is 2.40 bits per heavy atom. The van der Waals surface area contributed by atoms with Gasteiger partial charge in [0.2, 0.25) is 0 Å². The topological polar surface area (TPSA) is 85.0 Å². The monoisotopic (exact) mass is 212 g/mol. The number of H-pyrrole nitrogens is 2. The minimum Gasteiger partial charge on any atom is -0.392 e. The molecule has 1 saturated carbocycles. The molecule has 0 radical (unpaired) electrons. The molecule has 1 aromatic heterocycles. The Kier molecular flexibility index (Phi) is 2.88. The third-order valence-corrected chi connectivity index (χ3v) is 2.63. The largest absolute Gasteiger partial charge is 0.392 e. The van der Waals surface area contributed by atoms with Crippen LogP contribution in [0, 0.1) is 5.92 Å². The van der Waals surface area contributed by atoms with Crippen molar-refractivity contribution in [1.82, 2.24) is 20.1 Å². The van der Waals surface area contributed by atoms with Crippen molar-refractivity contribution in [3.63, 3.8) is 0 Å². The molecule has 6 heteroatoms. The molecule has 1 fully saturated rings. The molecule has 1 aromatic rings. The molecule has 1 atom stereocenters. The zero-order chi connectivity index (χ0) is 10.8. The number of nitrogens with zero attached hydrogens (tertiary/aromatic N) is 2. The Bertz CT molecular complexity index is 368. The zero-order valence-corrected chi connectivity index (χ0v) is 8.73. The van der Waals surface area contributed by atoms with Gasteiger partial charge in [-0.15, -0.1) is 0 Å². The molecular weight excluding hydrogens is 196 g/mol. The van der Waals surface area contributed by atoms with Crippen molar-refractivity contribution in [2.75, 3.05) is 13.6 Å². The smallest absolute Gasteiger partial charge is 0.340 e. The molecule has 0 bridgehead atoms. The molecule has 1 aliphatic rings. The summed E-state index contributed by atoms with van der Waals surface area (Å²) in [5.41, 5.74) is -0.291. The second-order valence-electron chi connectivity index (χ2n) is 4.23. The second-order valence-corrected chi connectivity index (χ2v) is 4.23. The summed E-state index contributed by atoms with van der Waals surface area (Å²) in [4.78, 5) is 15.3. The van der Waals surface area contributed by atoms with E-state index in [-0.39, 0.29) is 11.8 Å². The first kappa shape index (κ1) is 10.4. The van der Waals surface area contributed by atoms with Crippen molar-refractivity contribution in [1.29, 1.82) is 0 Å². The summed E-state index contributed by atoms with van der Waals surface area (Å²) < 4.78 is 0. The number of rotatable bonds is 5. The summed E-state index contributed by atoms with van der Waals surface area (Å²) >= 11 is 0. The van der Waals surface area contributed by atoms with Gasteiger partial charge in [-0.1, -0.05) is 0 Å². The second kappa shape index (κ2) is 4.16. The quantitative estimate of drug-likeness (QED) is 0.602. The van der Waals surface area contributed by atoms with Gasteiger partial charge >= 0.3 is 5.69 Å². The maximum atomic E-state index is 10.8. The van der Waals surface area contributed by atoms with Gasteiger partial charge < -0.3 is 5.11 Å². The SMILES string of the molecule is CN(Cc1n[nH]c(=O)[nH]1)CC(O)C1CC1. The van der Waals surface area contributed by atoms with Crippen LogP contribution in [0.4, 0.5) is 0 Å². The summed E-state index contributed by atoms with van der Waals surface area (Å²) in [6, 6.07) is 0. The minimum atomic E-state index is -0.291. The van der Waals surface area contributed by atoms with Crippen molar-refractivity contribution >= 4 is 0 Å². The van der Waals surface area contributed by atoms with E-state index < -0.39 is 0 Å². The molecule has 0 aromatic carbocycles. The van der Waals surface area contributed by atoms with Crippen LogP contribution in [-0.2, 0) is 6.54 Å². The molecule has 1 heterocycles. The van der Waals surface area contributed by atoms with Gasteiger partial charge in [0, 0.05) is 6.54 Å². The molecule has 0 saturated heterocycles. The van der Waals surface area contributed by atoms with Gasteiger partial charge in [-0.3, -0.25) is 9.88 Å². The summed E-state index contributed by atoms with van der Waals surface area (Å²) in [5.74, 6) is 1.08. The van der Waals surface area contributed by atoms with Crippen LogP contribution in [0.15, 0.2) is 4.79 Å². The predicted molar refractivity (Wildman–Crippen MR) is 54.3 cm³/mol. The highest BCUT2D eigenvalue weighted by Crippen LogP contribution is 2.32. The maximum Gasteiger partial charge on any atom is 0.340 e. The van der Waals surface area contributed by atoms with Crippen LogP contribution in [0.2, 0.25) is 0 Å². The lowest BCUT2D eigenvalue weighted by Crippen LogP contribution is -2.30. The highest BCUT2D eigenvalue weighted by atomic mass is 16.3. The van der Waals surface area contributed by atoms with E-state index in [2.05, 4.69) is 15.2 Å². The predicted octanol–water partition coefficient (Wildman–Crippen LogP) is -0.699. The third-order valence-electron chi connectivity index (χ3n) is 2.63. The molecule has 1 unspecified atom stereocenters. The van der Waals surface area contributed by atoms with Gasteiger partial charge in [0.15, 0.2) is 0 Å². The van der Waals surface area contributed by atoms with Crippen LogP contribution in [-0.4, -0.2) is 44.9 Å². The lowest BCUT2D eigenvalue weighted by Gasteiger charge is -2.18. The van der Waals surface area contributed by atoms with Crippen molar-refractivity contribution in [2.45, 2.75) is 25.5 Å². The van der Waals surface area contributed by atoms with Crippen molar-refractivity contribution in [2.24, 2.45) is 5.92 Å². The van der Waals surface area contributed by atoms with Crippen LogP contribution in [0.1, 0.15) is 18.7 Å². The number of aliphatic hydroxyl groups excluding tert-OH is 1. The number of likely N-dealkylation sites (N-methyl/N-ethyl adjacent to an activating group) is 1. The summed E-state index contributed by atoms with van der Waals surface area (Å²) in [6.07, 6.45) is 2.02. The van der Waals surface area contributed by atoms with E-state index in [0.29, 0.717) is 24.8 Å². The average molecular weight is 212 g/mol. The lowest BCUT2D eigenvalue weighted by molar-refractivity contribution is 0.103. The van der Waals surface area contributed by atoms with Gasteiger partial charge in [-0.25, -0.2) is 9.89 Å². The molecule has 84 valence electrons.